The molecular weight excluding hydrogens is 317 g/mol. The highest BCUT2D eigenvalue weighted by Crippen LogP contribution is 2.31. The van der Waals surface area contributed by atoms with E-state index in [9.17, 15) is 9.18 Å². The number of ether oxygens (including phenoxy) is 1. The number of rotatable bonds is 3. The summed E-state index contributed by atoms with van der Waals surface area (Å²) in [6.45, 7) is 5.20. The first-order valence-electron chi connectivity index (χ1n) is 7.80. The molecule has 1 saturated heterocycles. The summed E-state index contributed by atoms with van der Waals surface area (Å²) in [5.41, 5.74) is 0.362. The summed E-state index contributed by atoms with van der Waals surface area (Å²) in [6.07, 6.45) is 1.52. The summed E-state index contributed by atoms with van der Waals surface area (Å²) in [6, 6.07) is 5.01. The Kier molecular flexibility index (Phi) is 4.66. The van der Waals surface area contributed by atoms with Gasteiger partial charge in [0.25, 0.3) is 5.19 Å². The third kappa shape index (κ3) is 3.72. The molecule has 5 nitrogen and oxygen atoms in total. The third-order valence-corrected chi connectivity index (χ3v) is 4.67. The third-order valence-electron chi connectivity index (χ3n) is 3.76. The Morgan fingerprint density at radius 1 is 1.43 bits per heavy atom. The summed E-state index contributed by atoms with van der Waals surface area (Å²) in [7, 11) is 0. The molecule has 1 aromatic heterocycles. The van der Waals surface area contributed by atoms with Gasteiger partial charge in [0, 0.05) is 32.0 Å². The van der Waals surface area contributed by atoms with Crippen LogP contribution >= 0.6 is 11.3 Å². The number of thiazole rings is 1. The van der Waals surface area contributed by atoms with Gasteiger partial charge in [-0.15, -0.1) is 0 Å². The lowest BCUT2D eigenvalue weighted by Crippen LogP contribution is -2.48. The zero-order valence-electron chi connectivity index (χ0n) is 13.2. The van der Waals surface area contributed by atoms with Crippen LogP contribution in [0.3, 0.4) is 0 Å². The number of likely N-dealkylation sites (tertiary alicyclic amines) is 1. The van der Waals surface area contributed by atoms with Crippen LogP contribution < -0.4 is 10.1 Å². The summed E-state index contributed by atoms with van der Waals surface area (Å²) < 4.78 is 20.3. The quantitative estimate of drug-likeness (QED) is 0.934. The molecule has 23 heavy (non-hydrogen) atoms. The molecular formula is C16H20FN3O2S. The predicted molar refractivity (Wildman–Crippen MR) is 88.5 cm³/mol. The van der Waals surface area contributed by atoms with Crippen LogP contribution in [0.5, 0.6) is 5.19 Å². The average Bonchev–Trinajstić information content (AvgIpc) is 2.91. The lowest BCUT2D eigenvalue weighted by molar-refractivity contribution is 0.110. The van der Waals surface area contributed by atoms with Gasteiger partial charge in [-0.2, -0.15) is 4.98 Å². The number of halogens is 1. The second-order valence-corrected chi connectivity index (χ2v) is 6.97. The molecule has 2 amide bonds. The highest BCUT2D eigenvalue weighted by Gasteiger charge is 2.25. The number of nitrogens with one attached hydrogen (secondary N) is 1. The molecule has 2 aromatic rings. The summed E-state index contributed by atoms with van der Waals surface area (Å²) in [4.78, 5) is 18.0. The van der Waals surface area contributed by atoms with Crippen molar-refractivity contribution in [2.75, 3.05) is 13.1 Å². The Labute approximate surface area is 138 Å². The Balaban J connectivity index is 1.58. The fraction of sp³-hybridized carbons (Fsp3) is 0.500. The molecule has 1 fully saturated rings. The van der Waals surface area contributed by atoms with Crippen molar-refractivity contribution in [2.45, 2.75) is 38.8 Å². The van der Waals surface area contributed by atoms with E-state index in [1.807, 2.05) is 19.9 Å². The topological polar surface area (TPSA) is 54.5 Å². The van der Waals surface area contributed by atoms with Gasteiger partial charge >= 0.3 is 6.03 Å². The van der Waals surface area contributed by atoms with Gasteiger partial charge in [0.05, 0.1) is 4.70 Å². The van der Waals surface area contributed by atoms with E-state index in [4.69, 9.17) is 4.74 Å². The Morgan fingerprint density at radius 3 is 2.83 bits per heavy atom. The number of amides is 2. The molecule has 124 valence electrons. The molecule has 1 aliphatic rings. The van der Waals surface area contributed by atoms with Crippen molar-refractivity contribution >= 4 is 27.6 Å². The molecule has 7 heteroatoms. The number of nitrogens with zero attached hydrogens (tertiary/aromatic N) is 2. The maximum atomic E-state index is 13.7. The minimum absolute atomic E-state index is 0.0155. The van der Waals surface area contributed by atoms with E-state index < -0.39 is 0 Å². The molecule has 0 bridgehead atoms. The molecule has 3 rings (SSSR count). The highest BCUT2D eigenvalue weighted by molar-refractivity contribution is 7.20. The van der Waals surface area contributed by atoms with Gasteiger partial charge in [-0.1, -0.05) is 17.4 Å². The van der Waals surface area contributed by atoms with Crippen LogP contribution in [0.4, 0.5) is 9.18 Å². The number of hydrogen-bond donors (Lipinski definition) is 1. The Morgan fingerprint density at radius 2 is 2.17 bits per heavy atom. The SMILES string of the molecule is CC(C)NC(=O)N1CCC(Oc2nc3c(F)cccc3s2)CC1. The number of urea groups is 1. The molecule has 2 heterocycles. The van der Waals surface area contributed by atoms with Crippen molar-refractivity contribution in [2.24, 2.45) is 0 Å². The molecule has 0 atom stereocenters. The van der Waals surface area contributed by atoms with E-state index in [1.54, 1.807) is 11.0 Å². The van der Waals surface area contributed by atoms with Crippen molar-refractivity contribution in [1.29, 1.82) is 0 Å². The van der Waals surface area contributed by atoms with E-state index in [0.29, 0.717) is 23.8 Å². The van der Waals surface area contributed by atoms with Crippen LogP contribution in [0.15, 0.2) is 18.2 Å². The zero-order valence-corrected chi connectivity index (χ0v) is 14.0. The molecule has 0 radical (unpaired) electrons. The van der Waals surface area contributed by atoms with Crippen molar-refractivity contribution < 1.29 is 13.9 Å². The Bertz CT molecular complexity index is 696. The number of piperidine rings is 1. The summed E-state index contributed by atoms with van der Waals surface area (Å²) in [5.74, 6) is -0.325. The van der Waals surface area contributed by atoms with Gasteiger partial charge in [0.1, 0.15) is 17.4 Å². The van der Waals surface area contributed by atoms with Crippen LogP contribution in [0.25, 0.3) is 10.2 Å². The van der Waals surface area contributed by atoms with Crippen molar-refractivity contribution in [3.63, 3.8) is 0 Å². The average molecular weight is 337 g/mol. The molecule has 0 spiro atoms. The second-order valence-electron chi connectivity index (χ2n) is 5.97. The van der Waals surface area contributed by atoms with Crippen LogP contribution in [0.2, 0.25) is 0 Å². The number of benzene rings is 1. The molecule has 0 saturated carbocycles. The minimum Gasteiger partial charge on any atom is -0.467 e. The van der Waals surface area contributed by atoms with Gasteiger partial charge < -0.3 is 15.0 Å². The minimum atomic E-state index is -0.325. The van der Waals surface area contributed by atoms with Crippen LogP contribution in [0.1, 0.15) is 26.7 Å². The van der Waals surface area contributed by atoms with Gasteiger partial charge in [-0.25, -0.2) is 9.18 Å². The first-order valence-corrected chi connectivity index (χ1v) is 8.61. The highest BCUT2D eigenvalue weighted by atomic mass is 32.1. The fourth-order valence-corrected chi connectivity index (χ4v) is 3.50. The number of aromatic nitrogens is 1. The first-order chi connectivity index (χ1) is 11.0. The molecule has 0 unspecified atom stereocenters. The number of hydrogen-bond acceptors (Lipinski definition) is 4. The van der Waals surface area contributed by atoms with Crippen LogP contribution in [0, 0.1) is 5.82 Å². The predicted octanol–water partition coefficient (Wildman–Crippen LogP) is 3.40. The monoisotopic (exact) mass is 337 g/mol. The summed E-state index contributed by atoms with van der Waals surface area (Å²) >= 11 is 1.35. The van der Waals surface area contributed by atoms with Gasteiger partial charge in [0.2, 0.25) is 0 Å². The van der Waals surface area contributed by atoms with E-state index in [-0.39, 0.29) is 24.0 Å². The molecule has 0 aliphatic carbocycles. The van der Waals surface area contributed by atoms with E-state index >= 15 is 0 Å². The maximum absolute atomic E-state index is 13.7. The fourth-order valence-electron chi connectivity index (χ4n) is 2.60. The number of carbonyl (C=O) groups excluding carboxylic acids is 1. The number of carbonyl (C=O) groups is 1. The lowest BCUT2D eigenvalue weighted by atomic mass is 10.1. The smallest absolute Gasteiger partial charge is 0.317 e. The largest absolute Gasteiger partial charge is 0.467 e. The number of para-hydroxylation sites is 1. The molecule has 1 aromatic carbocycles. The van der Waals surface area contributed by atoms with Crippen molar-refractivity contribution in [3.05, 3.63) is 24.0 Å². The Hall–Kier alpha value is -1.89. The second kappa shape index (κ2) is 6.70. The lowest BCUT2D eigenvalue weighted by Gasteiger charge is -2.32. The van der Waals surface area contributed by atoms with E-state index in [1.165, 1.54) is 17.4 Å². The van der Waals surface area contributed by atoms with Crippen molar-refractivity contribution in [1.82, 2.24) is 15.2 Å². The number of fused-ring (bicyclic) bond motifs is 1. The van der Waals surface area contributed by atoms with Gasteiger partial charge in [0.15, 0.2) is 0 Å². The zero-order chi connectivity index (χ0) is 16.4. The van der Waals surface area contributed by atoms with E-state index in [0.717, 1.165) is 17.5 Å². The van der Waals surface area contributed by atoms with Crippen molar-refractivity contribution in [3.8, 4) is 5.19 Å². The van der Waals surface area contributed by atoms with Crippen LogP contribution in [-0.4, -0.2) is 41.2 Å². The molecule has 1 aliphatic heterocycles. The van der Waals surface area contributed by atoms with E-state index in [2.05, 4.69) is 10.3 Å². The molecule has 1 N–H and O–H groups in total. The van der Waals surface area contributed by atoms with Gasteiger partial charge in [-0.05, 0) is 26.0 Å². The normalized spacial score (nSPS) is 16.1. The standard InChI is InChI=1S/C16H20FN3O2S/c1-10(2)18-15(21)20-8-6-11(7-9-20)22-16-19-14-12(17)4-3-5-13(14)23-16/h3-5,10-11H,6-9H2,1-2H3,(H,18,21). The maximum Gasteiger partial charge on any atom is 0.317 e. The summed E-state index contributed by atoms with van der Waals surface area (Å²) in [5, 5.41) is 3.39. The van der Waals surface area contributed by atoms with Gasteiger partial charge in [-0.3, -0.25) is 0 Å². The van der Waals surface area contributed by atoms with Crippen LogP contribution in [-0.2, 0) is 0 Å². The first kappa shape index (κ1) is 16.0.